The van der Waals surface area contributed by atoms with Crippen molar-refractivity contribution in [2.24, 2.45) is 0 Å². The zero-order chi connectivity index (χ0) is 12.6. The van der Waals surface area contributed by atoms with Gasteiger partial charge in [0.25, 0.3) is 5.79 Å². The van der Waals surface area contributed by atoms with E-state index in [4.69, 9.17) is 14.6 Å². The number of carbonyl (C=O) groups excluding carboxylic acids is 1. The number of hydrogen-bond acceptors (Lipinski definition) is 5. The molecule has 2 N–H and O–H groups in total. The van der Waals surface area contributed by atoms with Crippen molar-refractivity contribution in [3.8, 4) is 0 Å². The number of aliphatic hydroxyl groups is 2. The average Bonchev–Trinajstić information content (AvgIpc) is 2.29. The van der Waals surface area contributed by atoms with Gasteiger partial charge in [0.05, 0.1) is 13.2 Å². The van der Waals surface area contributed by atoms with E-state index in [1.165, 1.54) is 0 Å². The maximum atomic E-state index is 11.2. The Bertz CT molecular complexity index is 246. The van der Waals surface area contributed by atoms with Gasteiger partial charge in [0, 0.05) is 29.0 Å². The van der Waals surface area contributed by atoms with Crippen molar-refractivity contribution in [2.75, 3.05) is 26.4 Å². The van der Waals surface area contributed by atoms with Gasteiger partial charge >= 0.3 is 0 Å². The first kappa shape index (κ1) is 15.5. The lowest BCUT2D eigenvalue weighted by Crippen LogP contribution is -2.42. The summed E-state index contributed by atoms with van der Waals surface area (Å²) in [6.45, 7) is 3.47. The fourth-order valence-corrected chi connectivity index (χ4v) is 1.93. The van der Waals surface area contributed by atoms with E-state index >= 15 is 0 Å². The van der Waals surface area contributed by atoms with Crippen LogP contribution in [0.5, 0.6) is 0 Å². The first-order chi connectivity index (χ1) is 7.61. The molecule has 0 aromatic carbocycles. The van der Waals surface area contributed by atoms with Gasteiger partial charge in [-0.1, -0.05) is 5.20 Å². The standard InChI is InChI=1S/C10H20O5Si/c1-3-14-10(7-13,15-4-2)8(5-11)9(16)6-12/h7,11-12H,3-6H2,1-2,16H3. The molecule has 5 nitrogen and oxygen atoms in total. The van der Waals surface area contributed by atoms with Crippen LogP contribution in [0.1, 0.15) is 13.8 Å². The van der Waals surface area contributed by atoms with Crippen molar-refractivity contribution in [2.45, 2.75) is 19.6 Å². The maximum absolute atomic E-state index is 11.2. The highest BCUT2D eigenvalue weighted by molar-refractivity contribution is 6.22. The van der Waals surface area contributed by atoms with Crippen molar-refractivity contribution >= 4 is 16.5 Å². The molecule has 0 saturated heterocycles. The summed E-state index contributed by atoms with van der Waals surface area (Å²) in [5.74, 6) is -1.54. The molecular formula is C10H20O5Si. The van der Waals surface area contributed by atoms with Gasteiger partial charge in [-0.05, 0) is 13.8 Å². The van der Waals surface area contributed by atoms with Crippen LogP contribution in [0.4, 0.5) is 0 Å². The second kappa shape index (κ2) is 7.69. The number of rotatable bonds is 8. The summed E-state index contributed by atoms with van der Waals surface area (Å²) in [4.78, 5) is 11.2. The quantitative estimate of drug-likeness (QED) is 0.312. The maximum Gasteiger partial charge on any atom is 0.251 e. The topological polar surface area (TPSA) is 76.0 Å². The third-order valence-electron chi connectivity index (χ3n) is 2.20. The minimum absolute atomic E-state index is 0.197. The van der Waals surface area contributed by atoms with Gasteiger partial charge < -0.3 is 19.7 Å². The van der Waals surface area contributed by atoms with Gasteiger partial charge in [-0.2, -0.15) is 0 Å². The lowest BCUT2D eigenvalue weighted by molar-refractivity contribution is -0.199. The molecule has 94 valence electrons. The molecule has 0 spiro atoms. The molecule has 0 amide bonds. The Kier molecular flexibility index (Phi) is 7.44. The minimum Gasteiger partial charge on any atom is -0.392 e. The van der Waals surface area contributed by atoms with Crippen molar-refractivity contribution in [1.29, 1.82) is 0 Å². The van der Waals surface area contributed by atoms with E-state index in [0.29, 0.717) is 27.3 Å². The molecule has 0 rings (SSSR count). The van der Waals surface area contributed by atoms with Gasteiger partial charge in [0.15, 0.2) is 6.29 Å². The fraction of sp³-hybridized carbons (Fsp3) is 0.700. The van der Waals surface area contributed by atoms with Crippen LogP contribution in [-0.4, -0.2) is 59.0 Å². The average molecular weight is 248 g/mol. The van der Waals surface area contributed by atoms with Gasteiger partial charge in [0.1, 0.15) is 0 Å². The summed E-state index contributed by atoms with van der Waals surface area (Å²) < 4.78 is 10.6. The van der Waals surface area contributed by atoms with E-state index in [2.05, 4.69) is 0 Å². The highest BCUT2D eigenvalue weighted by atomic mass is 28.1. The van der Waals surface area contributed by atoms with Crippen LogP contribution in [0, 0.1) is 0 Å². The van der Waals surface area contributed by atoms with E-state index in [9.17, 15) is 9.90 Å². The summed E-state index contributed by atoms with van der Waals surface area (Å²) in [7, 11) is 0.533. The first-order valence-corrected chi connectivity index (χ1v) is 6.26. The number of carbonyl (C=O) groups is 1. The van der Waals surface area contributed by atoms with Crippen LogP contribution in [0.25, 0.3) is 0 Å². The Morgan fingerprint density at radius 1 is 1.25 bits per heavy atom. The predicted octanol–water partition coefficient (Wildman–Crippen LogP) is -1.44. The molecule has 0 bridgehead atoms. The molecular weight excluding hydrogens is 228 g/mol. The minimum atomic E-state index is -1.54. The van der Waals surface area contributed by atoms with Gasteiger partial charge in [-0.15, -0.1) is 0 Å². The Hall–Kier alpha value is -0.533. The molecule has 6 heteroatoms. The number of ether oxygens (including phenoxy) is 2. The lowest BCUT2D eigenvalue weighted by Gasteiger charge is -2.30. The van der Waals surface area contributed by atoms with Crippen LogP contribution in [0.3, 0.4) is 0 Å². The summed E-state index contributed by atoms with van der Waals surface area (Å²) in [5.41, 5.74) is 0.320. The summed E-state index contributed by atoms with van der Waals surface area (Å²) in [6, 6.07) is 0. The lowest BCUT2D eigenvalue weighted by atomic mass is 10.1. The number of hydrogen-bond donors (Lipinski definition) is 2. The molecule has 0 atom stereocenters. The Labute approximate surface area is 98.5 Å². The third kappa shape index (κ3) is 3.50. The normalized spacial score (nSPS) is 13.8. The summed E-state index contributed by atoms with van der Waals surface area (Å²) >= 11 is 0. The van der Waals surface area contributed by atoms with E-state index in [-0.39, 0.29) is 26.4 Å². The molecule has 0 radical (unpaired) electrons. The summed E-state index contributed by atoms with van der Waals surface area (Å²) in [5, 5.41) is 19.0. The molecule has 0 aliphatic rings. The number of aldehydes is 1. The molecule has 0 aromatic rings. The Morgan fingerprint density at radius 3 is 2.00 bits per heavy atom. The second-order valence-electron chi connectivity index (χ2n) is 3.23. The first-order valence-electron chi connectivity index (χ1n) is 5.26. The van der Waals surface area contributed by atoms with Gasteiger partial charge in [0.2, 0.25) is 0 Å². The monoisotopic (exact) mass is 248 g/mol. The Balaban J connectivity index is 5.33. The smallest absolute Gasteiger partial charge is 0.251 e. The van der Waals surface area contributed by atoms with Gasteiger partial charge in [-0.3, -0.25) is 4.79 Å². The zero-order valence-electron chi connectivity index (χ0n) is 10.0. The van der Waals surface area contributed by atoms with Crippen LogP contribution < -0.4 is 0 Å². The van der Waals surface area contributed by atoms with E-state index in [1.807, 2.05) is 0 Å². The molecule has 0 aliphatic carbocycles. The summed E-state index contributed by atoms with van der Waals surface area (Å²) in [6.07, 6.45) is 0.527. The molecule has 16 heavy (non-hydrogen) atoms. The van der Waals surface area contributed by atoms with Gasteiger partial charge in [-0.25, -0.2) is 0 Å². The van der Waals surface area contributed by atoms with E-state index in [1.54, 1.807) is 13.8 Å². The molecule has 0 heterocycles. The largest absolute Gasteiger partial charge is 0.392 e. The second-order valence-corrected chi connectivity index (χ2v) is 4.43. The molecule has 0 aliphatic heterocycles. The molecule has 0 saturated carbocycles. The Morgan fingerprint density at radius 2 is 1.75 bits per heavy atom. The molecule has 0 unspecified atom stereocenters. The molecule has 0 fully saturated rings. The van der Waals surface area contributed by atoms with Crippen LogP contribution >= 0.6 is 0 Å². The highest BCUT2D eigenvalue weighted by Crippen LogP contribution is 2.23. The van der Waals surface area contributed by atoms with E-state index < -0.39 is 5.79 Å². The fourth-order valence-electron chi connectivity index (χ4n) is 1.42. The highest BCUT2D eigenvalue weighted by Gasteiger charge is 2.36. The SMILES string of the molecule is CCOC(C=O)(OCC)C(CO)=C([SiH3])CO. The van der Waals surface area contributed by atoms with E-state index in [0.717, 1.165) is 0 Å². The van der Waals surface area contributed by atoms with Crippen LogP contribution in [0.2, 0.25) is 0 Å². The predicted molar refractivity (Wildman–Crippen MR) is 63.2 cm³/mol. The van der Waals surface area contributed by atoms with Crippen molar-refractivity contribution in [3.05, 3.63) is 10.8 Å². The van der Waals surface area contributed by atoms with Crippen molar-refractivity contribution in [3.63, 3.8) is 0 Å². The van der Waals surface area contributed by atoms with Crippen molar-refractivity contribution < 1.29 is 24.5 Å². The number of aliphatic hydroxyl groups excluding tert-OH is 2. The van der Waals surface area contributed by atoms with Crippen LogP contribution in [-0.2, 0) is 14.3 Å². The zero-order valence-corrected chi connectivity index (χ0v) is 12.0. The van der Waals surface area contributed by atoms with Crippen LogP contribution in [0.15, 0.2) is 10.8 Å². The van der Waals surface area contributed by atoms with Crippen molar-refractivity contribution in [1.82, 2.24) is 0 Å². The molecule has 0 aromatic heterocycles. The third-order valence-corrected chi connectivity index (χ3v) is 3.12.